The molecule has 1 N–H and O–H groups in total. The monoisotopic (exact) mass is 259 g/mol. The fourth-order valence-corrected chi connectivity index (χ4v) is 2.49. The summed E-state index contributed by atoms with van der Waals surface area (Å²) in [6, 6.07) is 5.78. The molecule has 1 aliphatic rings. The van der Waals surface area contributed by atoms with Crippen LogP contribution in [-0.2, 0) is 0 Å². The smallest absolute Gasteiger partial charge is 0.289 e. The number of amides is 1. The lowest BCUT2D eigenvalue weighted by Crippen LogP contribution is -2.29. The van der Waals surface area contributed by atoms with E-state index in [1.165, 1.54) is 5.56 Å². The summed E-state index contributed by atoms with van der Waals surface area (Å²) in [7, 11) is 0. The minimum absolute atomic E-state index is 0.136. The lowest BCUT2D eigenvalue weighted by Gasteiger charge is -2.12. The number of aliphatic hydroxyl groups excluding tert-OH is 1. The maximum Gasteiger partial charge on any atom is 0.289 e. The van der Waals surface area contributed by atoms with Gasteiger partial charge in [0.25, 0.3) is 5.91 Å². The molecule has 1 saturated heterocycles. The second-order valence-corrected chi connectivity index (χ2v) is 5.28. The van der Waals surface area contributed by atoms with Gasteiger partial charge in [-0.2, -0.15) is 0 Å². The minimum atomic E-state index is -0.405. The second-order valence-electron chi connectivity index (χ2n) is 5.28. The van der Waals surface area contributed by atoms with Gasteiger partial charge in [-0.1, -0.05) is 0 Å². The Morgan fingerprint density at radius 2 is 2.05 bits per heavy atom. The number of aryl methyl sites for hydroxylation is 2. The number of carbonyl (C=O) groups excluding carboxylic acids is 1. The Balaban J connectivity index is 1.95. The van der Waals surface area contributed by atoms with Crippen LogP contribution in [0.3, 0.4) is 0 Å². The second kappa shape index (κ2) is 4.38. The third-order valence-corrected chi connectivity index (χ3v) is 3.79. The third-order valence-electron chi connectivity index (χ3n) is 3.79. The van der Waals surface area contributed by atoms with Crippen LogP contribution in [0.25, 0.3) is 11.0 Å². The first-order valence-corrected chi connectivity index (χ1v) is 6.53. The zero-order valence-electron chi connectivity index (χ0n) is 11.1. The van der Waals surface area contributed by atoms with Crippen molar-refractivity contribution in [3.05, 3.63) is 35.1 Å². The van der Waals surface area contributed by atoms with Crippen LogP contribution in [0.4, 0.5) is 0 Å². The van der Waals surface area contributed by atoms with Crippen molar-refractivity contribution in [1.29, 1.82) is 0 Å². The van der Waals surface area contributed by atoms with Gasteiger partial charge in [-0.05, 0) is 49.6 Å². The Morgan fingerprint density at radius 3 is 2.74 bits per heavy atom. The highest BCUT2D eigenvalue weighted by atomic mass is 16.3. The topological polar surface area (TPSA) is 53.7 Å². The van der Waals surface area contributed by atoms with E-state index < -0.39 is 6.10 Å². The highest BCUT2D eigenvalue weighted by Crippen LogP contribution is 2.24. The molecule has 2 aromatic rings. The van der Waals surface area contributed by atoms with Crippen molar-refractivity contribution < 1.29 is 14.3 Å². The molecule has 1 amide bonds. The van der Waals surface area contributed by atoms with Gasteiger partial charge in [0.1, 0.15) is 5.58 Å². The Labute approximate surface area is 111 Å². The van der Waals surface area contributed by atoms with Gasteiger partial charge in [0.15, 0.2) is 5.76 Å². The van der Waals surface area contributed by atoms with Crippen LogP contribution in [0.2, 0.25) is 0 Å². The largest absolute Gasteiger partial charge is 0.451 e. The highest BCUT2D eigenvalue weighted by molar-refractivity contribution is 5.96. The maximum atomic E-state index is 12.3. The SMILES string of the molecule is Cc1cc2cc(C(=O)N3CC[C@@H](O)C3)oc2cc1C. The molecule has 1 atom stereocenters. The summed E-state index contributed by atoms with van der Waals surface area (Å²) in [5.74, 6) is 0.220. The van der Waals surface area contributed by atoms with E-state index in [0.29, 0.717) is 25.3 Å². The Morgan fingerprint density at radius 1 is 1.32 bits per heavy atom. The molecule has 0 aliphatic carbocycles. The maximum absolute atomic E-state index is 12.3. The number of β-amino-alcohol motifs (C(OH)–C–C–N with tert-alkyl or cyclic N) is 1. The van der Waals surface area contributed by atoms with Crippen LogP contribution < -0.4 is 0 Å². The molecule has 1 aromatic carbocycles. The van der Waals surface area contributed by atoms with Crippen molar-refractivity contribution in [3.63, 3.8) is 0 Å². The zero-order valence-corrected chi connectivity index (χ0v) is 11.1. The number of nitrogens with zero attached hydrogens (tertiary/aromatic N) is 1. The summed E-state index contributed by atoms with van der Waals surface area (Å²) >= 11 is 0. The molecule has 2 heterocycles. The number of carbonyl (C=O) groups is 1. The summed E-state index contributed by atoms with van der Waals surface area (Å²) < 4.78 is 5.64. The van der Waals surface area contributed by atoms with Gasteiger partial charge in [0.2, 0.25) is 0 Å². The normalized spacial score (nSPS) is 19.3. The van der Waals surface area contributed by atoms with E-state index in [4.69, 9.17) is 4.42 Å². The molecule has 3 rings (SSSR count). The number of likely N-dealkylation sites (tertiary alicyclic amines) is 1. The van der Waals surface area contributed by atoms with E-state index in [-0.39, 0.29) is 5.91 Å². The standard InChI is InChI=1S/C15H17NO3/c1-9-5-11-7-14(19-13(11)6-10(9)2)15(18)16-4-3-12(17)8-16/h5-7,12,17H,3-4,8H2,1-2H3/t12-/m1/s1. The predicted molar refractivity (Wildman–Crippen MR) is 72.2 cm³/mol. The Bertz CT molecular complexity index is 605. The lowest BCUT2D eigenvalue weighted by atomic mass is 10.1. The number of hydrogen-bond acceptors (Lipinski definition) is 3. The molecular weight excluding hydrogens is 242 g/mol. The number of furan rings is 1. The summed E-state index contributed by atoms with van der Waals surface area (Å²) in [6.07, 6.45) is 0.238. The van der Waals surface area contributed by atoms with Crippen molar-refractivity contribution in [2.75, 3.05) is 13.1 Å². The number of benzene rings is 1. The van der Waals surface area contributed by atoms with Gasteiger partial charge < -0.3 is 14.4 Å². The van der Waals surface area contributed by atoms with Crippen LogP contribution in [0.15, 0.2) is 22.6 Å². The van der Waals surface area contributed by atoms with E-state index >= 15 is 0 Å². The zero-order chi connectivity index (χ0) is 13.6. The molecule has 4 nitrogen and oxygen atoms in total. The van der Waals surface area contributed by atoms with Crippen LogP contribution in [0.1, 0.15) is 28.1 Å². The number of hydrogen-bond donors (Lipinski definition) is 1. The van der Waals surface area contributed by atoms with Crippen LogP contribution in [-0.4, -0.2) is 35.1 Å². The summed E-state index contributed by atoms with van der Waals surface area (Å²) in [5.41, 5.74) is 3.08. The summed E-state index contributed by atoms with van der Waals surface area (Å²) in [5, 5.41) is 10.4. The number of aliphatic hydroxyl groups is 1. The van der Waals surface area contributed by atoms with Gasteiger partial charge in [-0.25, -0.2) is 0 Å². The highest BCUT2D eigenvalue weighted by Gasteiger charge is 2.27. The molecule has 0 unspecified atom stereocenters. The third kappa shape index (κ3) is 2.12. The summed E-state index contributed by atoms with van der Waals surface area (Å²) in [4.78, 5) is 13.9. The average molecular weight is 259 g/mol. The van der Waals surface area contributed by atoms with Gasteiger partial charge in [0, 0.05) is 18.5 Å². The van der Waals surface area contributed by atoms with Crippen LogP contribution in [0, 0.1) is 13.8 Å². The molecule has 1 fully saturated rings. The van der Waals surface area contributed by atoms with E-state index in [0.717, 1.165) is 16.5 Å². The first-order chi connectivity index (χ1) is 9.04. The fourth-order valence-electron chi connectivity index (χ4n) is 2.49. The number of rotatable bonds is 1. The molecule has 0 spiro atoms. The molecule has 1 aliphatic heterocycles. The Hall–Kier alpha value is -1.81. The van der Waals surface area contributed by atoms with Crippen molar-refractivity contribution in [2.45, 2.75) is 26.4 Å². The molecule has 0 saturated carbocycles. The van der Waals surface area contributed by atoms with E-state index in [1.54, 1.807) is 11.0 Å². The van der Waals surface area contributed by atoms with Crippen LogP contribution >= 0.6 is 0 Å². The minimum Gasteiger partial charge on any atom is -0.451 e. The molecule has 100 valence electrons. The molecule has 1 aromatic heterocycles. The van der Waals surface area contributed by atoms with Gasteiger partial charge >= 0.3 is 0 Å². The molecule has 0 radical (unpaired) electrons. The molecule has 4 heteroatoms. The van der Waals surface area contributed by atoms with Crippen molar-refractivity contribution >= 4 is 16.9 Å². The molecule has 0 bridgehead atoms. The Kier molecular flexibility index (Phi) is 2.82. The van der Waals surface area contributed by atoms with E-state index in [2.05, 4.69) is 0 Å². The quantitative estimate of drug-likeness (QED) is 0.854. The first-order valence-electron chi connectivity index (χ1n) is 6.53. The van der Waals surface area contributed by atoms with Crippen LogP contribution in [0.5, 0.6) is 0 Å². The van der Waals surface area contributed by atoms with Gasteiger partial charge in [0.05, 0.1) is 6.10 Å². The molecular formula is C15H17NO3. The van der Waals surface area contributed by atoms with Gasteiger partial charge in [-0.15, -0.1) is 0 Å². The number of fused-ring (bicyclic) bond motifs is 1. The fraction of sp³-hybridized carbons (Fsp3) is 0.400. The average Bonchev–Trinajstić information content (AvgIpc) is 2.95. The van der Waals surface area contributed by atoms with E-state index in [1.807, 2.05) is 26.0 Å². The van der Waals surface area contributed by atoms with Crippen molar-refractivity contribution in [1.82, 2.24) is 4.90 Å². The van der Waals surface area contributed by atoms with Crippen molar-refractivity contribution in [3.8, 4) is 0 Å². The van der Waals surface area contributed by atoms with Gasteiger partial charge in [-0.3, -0.25) is 4.79 Å². The van der Waals surface area contributed by atoms with E-state index in [9.17, 15) is 9.90 Å². The summed E-state index contributed by atoms with van der Waals surface area (Å²) in [6.45, 7) is 5.05. The predicted octanol–water partition coefficient (Wildman–Crippen LogP) is 2.26. The molecule has 19 heavy (non-hydrogen) atoms. The van der Waals surface area contributed by atoms with Crippen molar-refractivity contribution in [2.24, 2.45) is 0 Å². The lowest BCUT2D eigenvalue weighted by molar-refractivity contribution is 0.0736. The first kappa shape index (κ1) is 12.2.